The van der Waals surface area contributed by atoms with Gasteiger partial charge in [0.1, 0.15) is 5.41 Å². The third-order valence-corrected chi connectivity index (χ3v) is 2.97. The molecule has 0 saturated carbocycles. The first-order valence-corrected chi connectivity index (χ1v) is 5.09. The van der Waals surface area contributed by atoms with Crippen LogP contribution in [-0.2, 0) is 4.74 Å². The minimum Gasteiger partial charge on any atom is -0.409 e. The largest absolute Gasteiger partial charge is 0.409 e. The second-order valence-corrected chi connectivity index (χ2v) is 4.26. The fourth-order valence-electron chi connectivity index (χ4n) is 2.06. The summed E-state index contributed by atoms with van der Waals surface area (Å²) >= 11 is 0. The summed E-state index contributed by atoms with van der Waals surface area (Å²) in [6.45, 7) is -0.291. The molecule has 0 spiro atoms. The highest BCUT2D eigenvalue weighted by molar-refractivity contribution is 5.81. The molecule has 0 bridgehead atoms. The highest BCUT2D eigenvalue weighted by Crippen LogP contribution is 2.45. The third kappa shape index (κ3) is 3.01. The first-order chi connectivity index (χ1) is 7.84. The maximum absolute atomic E-state index is 13.0. The van der Waals surface area contributed by atoms with Gasteiger partial charge < -0.3 is 15.7 Å². The highest BCUT2D eigenvalue weighted by atomic mass is 19.4. The molecule has 1 unspecified atom stereocenters. The first kappa shape index (κ1) is 14.0. The average molecular weight is 255 g/mol. The molecule has 0 aromatic carbocycles. The molecule has 1 saturated heterocycles. The molecule has 1 aliphatic rings. The fraction of sp³-hybridized carbons (Fsp3) is 0.889. The SMILES string of the molecule is COCC1(C(F)(F)F)CCN(C/C(N)=N/O)C1. The lowest BCUT2D eigenvalue weighted by atomic mass is 9.87. The second kappa shape index (κ2) is 5.09. The Morgan fingerprint density at radius 2 is 2.24 bits per heavy atom. The molecular weight excluding hydrogens is 239 g/mol. The van der Waals surface area contributed by atoms with Crippen molar-refractivity contribution < 1.29 is 23.1 Å². The van der Waals surface area contributed by atoms with Crippen LogP contribution in [0.25, 0.3) is 0 Å². The van der Waals surface area contributed by atoms with Crippen molar-refractivity contribution in [1.82, 2.24) is 4.90 Å². The normalized spacial score (nSPS) is 27.6. The highest BCUT2D eigenvalue weighted by Gasteiger charge is 2.57. The van der Waals surface area contributed by atoms with Crippen molar-refractivity contribution in [3.8, 4) is 0 Å². The van der Waals surface area contributed by atoms with E-state index in [0.29, 0.717) is 0 Å². The molecule has 0 aromatic rings. The quantitative estimate of drug-likeness (QED) is 0.334. The van der Waals surface area contributed by atoms with Crippen molar-refractivity contribution in [2.45, 2.75) is 12.6 Å². The van der Waals surface area contributed by atoms with E-state index >= 15 is 0 Å². The molecule has 5 nitrogen and oxygen atoms in total. The van der Waals surface area contributed by atoms with E-state index in [9.17, 15) is 13.2 Å². The Balaban J connectivity index is 2.72. The molecule has 0 amide bonds. The zero-order valence-corrected chi connectivity index (χ0v) is 9.50. The Hall–Kier alpha value is -1.02. The summed E-state index contributed by atoms with van der Waals surface area (Å²) in [5, 5.41) is 11.1. The molecule has 0 radical (unpaired) electrons. The topological polar surface area (TPSA) is 71.1 Å². The van der Waals surface area contributed by atoms with Gasteiger partial charge in [-0.25, -0.2) is 0 Å². The minimum atomic E-state index is -4.32. The van der Waals surface area contributed by atoms with E-state index in [2.05, 4.69) is 9.89 Å². The number of rotatable bonds is 4. The van der Waals surface area contributed by atoms with Crippen LogP contribution in [-0.4, -0.2) is 55.5 Å². The van der Waals surface area contributed by atoms with Crippen molar-refractivity contribution in [3.05, 3.63) is 0 Å². The van der Waals surface area contributed by atoms with Gasteiger partial charge in [0.2, 0.25) is 0 Å². The molecule has 0 aromatic heterocycles. The van der Waals surface area contributed by atoms with Crippen LogP contribution in [0.1, 0.15) is 6.42 Å². The van der Waals surface area contributed by atoms with Gasteiger partial charge in [-0.15, -0.1) is 0 Å². The first-order valence-electron chi connectivity index (χ1n) is 5.09. The molecule has 1 aliphatic heterocycles. The van der Waals surface area contributed by atoms with Crippen molar-refractivity contribution in [2.24, 2.45) is 16.3 Å². The van der Waals surface area contributed by atoms with Gasteiger partial charge in [-0.1, -0.05) is 5.16 Å². The Morgan fingerprint density at radius 1 is 1.59 bits per heavy atom. The molecular formula is C9H16F3N3O2. The van der Waals surface area contributed by atoms with Crippen LogP contribution in [0.4, 0.5) is 13.2 Å². The molecule has 17 heavy (non-hydrogen) atoms. The van der Waals surface area contributed by atoms with Crippen LogP contribution in [0.3, 0.4) is 0 Å². The number of amidine groups is 1. The van der Waals surface area contributed by atoms with E-state index in [1.165, 1.54) is 12.0 Å². The number of hydrogen-bond donors (Lipinski definition) is 2. The Morgan fingerprint density at radius 3 is 2.71 bits per heavy atom. The summed E-state index contributed by atoms with van der Waals surface area (Å²) in [6.07, 6.45) is -4.36. The van der Waals surface area contributed by atoms with Crippen molar-refractivity contribution in [3.63, 3.8) is 0 Å². The van der Waals surface area contributed by atoms with Crippen LogP contribution in [0.2, 0.25) is 0 Å². The lowest BCUT2D eigenvalue weighted by molar-refractivity contribution is -0.232. The molecule has 1 heterocycles. The van der Waals surface area contributed by atoms with Gasteiger partial charge in [0, 0.05) is 13.7 Å². The number of ether oxygens (including phenoxy) is 1. The third-order valence-electron chi connectivity index (χ3n) is 2.97. The minimum absolute atomic E-state index is 0.0258. The van der Waals surface area contributed by atoms with Crippen LogP contribution < -0.4 is 5.73 Å². The number of likely N-dealkylation sites (tertiary alicyclic amines) is 1. The number of hydrogen-bond acceptors (Lipinski definition) is 4. The van der Waals surface area contributed by atoms with Gasteiger partial charge in [-0.3, -0.25) is 4.90 Å². The summed E-state index contributed by atoms with van der Waals surface area (Å²) in [7, 11) is 1.25. The van der Waals surface area contributed by atoms with E-state index in [1.807, 2.05) is 0 Å². The van der Waals surface area contributed by atoms with Crippen molar-refractivity contribution in [1.29, 1.82) is 0 Å². The Labute approximate surface area is 97.0 Å². The predicted molar refractivity (Wildman–Crippen MR) is 54.8 cm³/mol. The van der Waals surface area contributed by atoms with Gasteiger partial charge in [-0.2, -0.15) is 13.2 Å². The summed E-state index contributed by atoms with van der Waals surface area (Å²) in [4.78, 5) is 1.50. The molecule has 3 N–H and O–H groups in total. The summed E-state index contributed by atoms with van der Waals surface area (Å²) in [6, 6.07) is 0. The van der Waals surface area contributed by atoms with E-state index < -0.39 is 11.6 Å². The summed E-state index contributed by atoms with van der Waals surface area (Å²) < 4.78 is 43.6. The number of alkyl halides is 3. The number of methoxy groups -OCH3 is 1. The number of oxime groups is 1. The molecule has 8 heteroatoms. The van der Waals surface area contributed by atoms with Gasteiger partial charge in [0.05, 0.1) is 13.2 Å². The fourth-order valence-corrected chi connectivity index (χ4v) is 2.06. The Kier molecular flexibility index (Phi) is 4.21. The monoisotopic (exact) mass is 255 g/mol. The van der Waals surface area contributed by atoms with Crippen LogP contribution >= 0.6 is 0 Å². The predicted octanol–water partition coefficient (Wildman–Crippen LogP) is 0.634. The van der Waals surface area contributed by atoms with E-state index in [0.717, 1.165) is 0 Å². The Bertz CT molecular complexity index is 296. The lowest BCUT2D eigenvalue weighted by Crippen LogP contribution is -2.45. The maximum Gasteiger partial charge on any atom is 0.397 e. The number of nitrogens with zero attached hydrogens (tertiary/aromatic N) is 2. The van der Waals surface area contributed by atoms with Crippen LogP contribution in [0.5, 0.6) is 0 Å². The van der Waals surface area contributed by atoms with Crippen molar-refractivity contribution in [2.75, 3.05) is 33.4 Å². The standard InChI is InChI=1S/C9H16F3N3O2/c1-17-6-8(9(10,11)12)2-3-15(5-8)4-7(13)14-16/h16H,2-6H2,1H3,(H2,13,14). The van der Waals surface area contributed by atoms with E-state index in [4.69, 9.17) is 10.9 Å². The maximum atomic E-state index is 13.0. The van der Waals surface area contributed by atoms with Crippen LogP contribution in [0.15, 0.2) is 5.16 Å². The number of nitrogens with two attached hydrogens (primary N) is 1. The second-order valence-electron chi connectivity index (χ2n) is 4.26. The zero-order chi connectivity index (χ0) is 13.1. The van der Waals surface area contributed by atoms with E-state index in [-0.39, 0.29) is 38.5 Å². The molecule has 1 rings (SSSR count). The molecule has 0 aliphatic carbocycles. The zero-order valence-electron chi connectivity index (χ0n) is 9.50. The van der Waals surface area contributed by atoms with Gasteiger partial charge in [0.25, 0.3) is 0 Å². The van der Waals surface area contributed by atoms with Gasteiger partial charge in [-0.05, 0) is 13.0 Å². The number of halogens is 3. The summed E-state index contributed by atoms with van der Waals surface area (Å²) in [5.74, 6) is -0.0969. The average Bonchev–Trinajstić information content (AvgIpc) is 2.62. The smallest absolute Gasteiger partial charge is 0.397 e. The van der Waals surface area contributed by atoms with Crippen LogP contribution in [0, 0.1) is 5.41 Å². The van der Waals surface area contributed by atoms with Crippen molar-refractivity contribution >= 4 is 5.84 Å². The molecule has 100 valence electrons. The molecule has 1 atom stereocenters. The lowest BCUT2D eigenvalue weighted by Gasteiger charge is -2.31. The molecule has 1 fully saturated rings. The van der Waals surface area contributed by atoms with E-state index in [1.54, 1.807) is 0 Å². The van der Waals surface area contributed by atoms with Gasteiger partial charge >= 0.3 is 6.18 Å². The summed E-state index contributed by atoms with van der Waals surface area (Å²) in [5.41, 5.74) is 3.42. The van der Waals surface area contributed by atoms with Gasteiger partial charge in [0.15, 0.2) is 5.84 Å².